The van der Waals surface area contributed by atoms with Gasteiger partial charge in [0.2, 0.25) is 0 Å². The van der Waals surface area contributed by atoms with Gasteiger partial charge < -0.3 is 4.40 Å². The zero-order valence-electron chi connectivity index (χ0n) is 19.5. The number of aromatic nitrogens is 4. The van der Waals surface area contributed by atoms with Crippen LogP contribution < -0.4 is 0 Å². The molecule has 0 spiro atoms. The monoisotopic (exact) mass is 494 g/mol. The van der Waals surface area contributed by atoms with Crippen molar-refractivity contribution in [2.75, 3.05) is 0 Å². The molecule has 6 aromatic rings. The summed E-state index contributed by atoms with van der Waals surface area (Å²) in [6.07, 6.45) is 1.81. The standard InChI is InChI=1S/C30H21F3N4/c31-30(32,33)28-26(22-16-17-27-34-18-19-36(27)20-22)21-37(35-28)29(23-10-4-1-5-11-23,24-12-6-2-7-13-24)25-14-8-3-9-15-25/h1-21H. The zero-order chi connectivity index (χ0) is 25.5. The van der Waals surface area contributed by atoms with E-state index in [9.17, 15) is 13.2 Å². The molecule has 7 heteroatoms. The summed E-state index contributed by atoms with van der Waals surface area (Å²) in [5, 5.41) is 4.29. The van der Waals surface area contributed by atoms with Gasteiger partial charge in [-0.05, 0) is 28.8 Å². The van der Waals surface area contributed by atoms with E-state index in [4.69, 9.17) is 0 Å². The van der Waals surface area contributed by atoms with Gasteiger partial charge in [0.15, 0.2) is 5.69 Å². The van der Waals surface area contributed by atoms with Crippen molar-refractivity contribution in [2.45, 2.75) is 11.7 Å². The Balaban J connectivity index is 1.71. The lowest BCUT2D eigenvalue weighted by Crippen LogP contribution is -2.38. The minimum Gasteiger partial charge on any atom is -0.306 e. The lowest BCUT2D eigenvalue weighted by molar-refractivity contribution is -0.141. The van der Waals surface area contributed by atoms with Crippen molar-refractivity contribution >= 4 is 5.65 Å². The first kappa shape index (κ1) is 22.8. The normalized spacial score (nSPS) is 12.2. The van der Waals surface area contributed by atoms with Crippen molar-refractivity contribution in [3.05, 3.63) is 150 Å². The number of pyridine rings is 1. The molecule has 0 unspecified atom stereocenters. The average Bonchev–Trinajstić information content (AvgIpc) is 3.59. The molecule has 3 heterocycles. The van der Waals surface area contributed by atoms with Crippen LogP contribution in [-0.4, -0.2) is 19.2 Å². The van der Waals surface area contributed by atoms with E-state index in [1.807, 2.05) is 91.0 Å². The van der Waals surface area contributed by atoms with Crippen molar-refractivity contribution in [3.63, 3.8) is 0 Å². The van der Waals surface area contributed by atoms with Gasteiger partial charge in [0.05, 0.1) is 0 Å². The number of nitrogens with zero attached hydrogens (tertiary/aromatic N) is 4. The quantitative estimate of drug-likeness (QED) is 0.241. The van der Waals surface area contributed by atoms with Gasteiger partial charge in [-0.3, -0.25) is 4.68 Å². The second kappa shape index (κ2) is 8.78. The number of hydrogen-bond donors (Lipinski definition) is 0. The molecule has 0 saturated carbocycles. The Hall–Kier alpha value is -4.65. The summed E-state index contributed by atoms with van der Waals surface area (Å²) in [4.78, 5) is 4.21. The second-order valence-electron chi connectivity index (χ2n) is 8.75. The highest BCUT2D eigenvalue weighted by Crippen LogP contribution is 2.44. The molecule has 37 heavy (non-hydrogen) atoms. The fourth-order valence-corrected chi connectivity index (χ4v) is 4.98. The molecular weight excluding hydrogens is 473 g/mol. The van der Waals surface area contributed by atoms with Crippen LogP contribution in [0.5, 0.6) is 0 Å². The van der Waals surface area contributed by atoms with Gasteiger partial charge in [-0.15, -0.1) is 0 Å². The molecule has 0 aliphatic carbocycles. The third kappa shape index (κ3) is 3.80. The molecular formula is C30H21F3N4. The largest absolute Gasteiger partial charge is 0.435 e. The van der Waals surface area contributed by atoms with E-state index >= 15 is 0 Å². The molecule has 4 nitrogen and oxygen atoms in total. The van der Waals surface area contributed by atoms with Gasteiger partial charge >= 0.3 is 6.18 Å². The van der Waals surface area contributed by atoms with Crippen LogP contribution in [0.15, 0.2) is 128 Å². The Labute approximate surface area is 211 Å². The van der Waals surface area contributed by atoms with E-state index in [-0.39, 0.29) is 5.56 Å². The number of fused-ring (bicyclic) bond motifs is 1. The Morgan fingerprint density at radius 2 is 1.16 bits per heavy atom. The van der Waals surface area contributed by atoms with Crippen LogP contribution in [-0.2, 0) is 11.7 Å². The number of hydrogen-bond acceptors (Lipinski definition) is 2. The van der Waals surface area contributed by atoms with Gasteiger partial charge in [-0.25, -0.2) is 4.98 Å². The lowest BCUT2D eigenvalue weighted by Gasteiger charge is -2.36. The molecule has 0 atom stereocenters. The van der Waals surface area contributed by atoms with Crippen LogP contribution in [0.3, 0.4) is 0 Å². The summed E-state index contributed by atoms with van der Waals surface area (Å²) in [5.74, 6) is 0. The molecule has 0 saturated heterocycles. The predicted octanol–water partition coefficient (Wildman–Crippen LogP) is 7.06. The molecule has 3 aromatic carbocycles. The first-order valence-electron chi connectivity index (χ1n) is 11.7. The second-order valence-corrected chi connectivity index (χ2v) is 8.75. The van der Waals surface area contributed by atoms with E-state index in [2.05, 4.69) is 10.1 Å². The zero-order valence-corrected chi connectivity index (χ0v) is 19.5. The van der Waals surface area contributed by atoms with Crippen LogP contribution in [0.1, 0.15) is 22.4 Å². The molecule has 0 bridgehead atoms. The molecule has 0 aliphatic rings. The number of alkyl halides is 3. The van der Waals surface area contributed by atoms with E-state index < -0.39 is 17.4 Å². The summed E-state index contributed by atoms with van der Waals surface area (Å²) in [7, 11) is 0. The van der Waals surface area contributed by atoms with E-state index in [0.29, 0.717) is 11.2 Å². The van der Waals surface area contributed by atoms with Crippen LogP contribution in [0.4, 0.5) is 13.2 Å². The van der Waals surface area contributed by atoms with Crippen molar-refractivity contribution in [1.29, 1.82) is 0 Å². The van der Waals surface area contributed by atoms with Crippen LogP contribution in [0.25, 0.3) is 16.8 Å². The fraction of sp³-hybridized carbons (Fsp3) is 0.0667. The van der Waals surface area contributed by atoms with Crippen molar-refractivity contribution in [1.82, 2.24) is 19.2 Å². The maximum absolute atomic E-state index is 14.5. The summed E-state index contributed by atoms with van der Waals surface area (Å²) in [6.45, 7) is 0. The van der Waals surface area contributed by atoms with Crippen LogP contribution in [0, 0.1) is 0 Å². The lowest BCUT2D eigenvalue weighted by atomic mass is 9.77. The summed E-state index contributed by atoms with van der Waals surface area (Å²) >= 11 is 0. The number of rotatable bonds is 5. The molecule has 0 fully saturated rings. The molecule has 0 amide bonds. The molecule has 182 valence electrons. The molecule has 0 N–H and O–H groups in total. The highest BCUT2D eigenvalue weighted by Gasteiger charge is 2.44. The van der Waals surface area contributed by atoms with E-state index in [0.717, 1.165) is 16.7 Å². The Bertz CT molecular complexity index is 1560. The van der Waals surface area contributed by atoms with Gasteiger partial charge in [0, 0.05) is 35.9 Å². The number of benzene rings is 3. The van der Waals surface area contributed by atoms with E-state index in [1.54, 1.807) is 35.1 Å². The maximum Gasteiger partial charge on any atom is 0.435 e. The average molecular weight is 495 g/mol. The topological polar surface area (TPSA) is 35.1 Å². The van der Waals surface area contributed by atoms with Gasteiger partial charge in [0.1, 0.15) is 11.2 Å². The van der Waals surface area contributed by atoms with Gasteiger partial charge in [0.25, 0.3) is 0 Å². The number of halogens is 3. The van der Waals surface area contributed by atoms with Crippen molar-refractivity contribution < 1.29 is 13.2 Å². The van der Waals surface area contributed by atoms with Crippen molar-refractivity contribution in [3.8, 4) is 11.1 Å². The third-order valence-electron chi connectivity index (χ3n) is 6.60. The minimum atomic E-state index is -4.67. The third-order valence-corrected chi connectivity index (χ3v) is 6.60. The Morgan fingerprint density at radius 3 is 1.68 bits per heavy atom. The summed E-state index contributed by atoms with van der Waals surface area (Å²) < 4.78 is 46.7. The SMILES string of the molecule is FC(F)(F)c1nn(C(c2ccccc2)(c2ccccc2)c2ccccc2)cc1-c1ccc2nccn2c1. The smallest absolute Gasteiger partial charge is 0.306 e. The van der Waals surface area contributed by atoms with Crippen LogP contribution >= 0.6 is 0 Å². The van der Waals surface area contributed by atoms with Crippen LogP contribution in [0.2, 0.25) is 0 Å². The molecule has 3 aromatic heterocycles. The maximum atomic E-state index is 14.5. The first-order chi connectivity index (χ1) is 18.0. The molecule has 0 radical (unpaired) electrons. The number of imidazole rings is 1. The van der Waals surface area contributed by atoms with Gasteiger partial charge in [-0.1, -0.05) is 91.0 Å². The summed E-state index contributed by atoms with van der Waals surface area (Å²) in [6, 6.07) is 31.9. The highest BCUT2D eigenvalue weighted by molar-refractivity contribution is 5.68. The first-order valence-corrected chi connectivity index (χ1v) is 11.7. The highest BCUT2D eigenvalue weighted by atomic mass is 19.4. The fourth-order valence-electron chi connectivity index (χ4n) is 4.98. The van der Waals surface area contributed by atoms with Gasteiger partial charge in [-0.2, -0.15) is 18.3 Å². The Kier molecular flexibility index (Phi) is 5.41. The predicted molar refractivity (Wildman–Crippen MR) is 136 cm³/mol. The van der Waals surface area contributed by atoms with E-state index in [1.165, 1.54) is 10.9 Å². The molecule has 6 rings (SSSR count). The molecule has 0 aliphatic heterocycles. The minimum absolute atomic E-state index is 0.00438. The Morgan fingerprint density at radius 1 is 0.622 bits per heavy atom. The summed E-state index contributed by atoms with van der Waals surface area (Å²) in [5.41, 5.74) is 1.32. The van der Waals surface area contributed by atoms with Crippen molar-refractivity contribution in [2.24, 2.45) is 0 Å².